The minimum absolute atomic E-state index is 0.421. The maximum Gasteiger partial charge on any atom is 0.121 e. The lowest BCUT2D eigenvalue weighted by Gasteiger charge is -2.05. The Bertz CT molecular complexity index is 301. The summed E-state index contributed by atoms with van der Waals surface area (Å²) >= 11 is 0. The molecule has 0 amide bonds. The van der Waals surface area contributed by atoms with Gasteiger partial charge in [0.15, 0.2) is 0 Å². The van der Waals surface area contributed by atoms with Crippen LogP contribution in [-0.4, -0.2) is 5.11 Å². The van der Waals surface area contributed by atoms with E-state index in [1.807, 2.05) is 39.0 Å². The van der Waals surface area contributed by atoms with Crippen LogP contribution in [0, 0.1) is 13.8 Å². The molecule has 1 aromatic carbocycles. The Hall–Kier alpha value is -1.24. The van der Waals surface area contributed by atoms with Gasteiger partial charge in [0.1, 0.15) is 5.75 Å². The Kier molecular flexibility index (Phi) is 3.13. The lowest BCUT2D eigenvalue weighted by Crippen LogP contribution is -1.87. The minimum Gasteiger partial charge on any atom is -0.507 e. The molecule has 0 heterocycles. The molecule has 0 bridgehead atoms. The van der Waals surface area contributed by atoms with Crippen molar-refractivity contribution in [2.75, 3.05) is 0 Å². The highest BCUT2D eigenvalue weighted by Crippen LogP contribution is 2.23. The first-order valence-electron chi connectivity index (χ1n) is 4.55. The maximum atomic E-state index is 9.54. The molecule has 0 saturated carbocycles. The Morgan fingerprint density at radius 1 is 1.23 bits per heavy atom. The van der Waals surface area contributed by atoms with E-state index in [2.05, 4.69) is 6.08 Å². The zero-order chi connectivity index (χ0) is 9.84. The summed E-state index contributed by atoms with van der Waals surface area (Å²) in [4.78, 5) is 0. The Balaban J connectivity index is 2.99. The maximum absolute atomic E-state index is 9.54. The standard InChI is InChI=1S/C12H16O/c1-4-5-6-11-7-9(2)12(13)10(3)8-11/h4-5,7-8,13H,6H2,1-3H3. The predicted octanol–water partition coefficient (Wildman–Crippen LogP) is 3.13. The van der Waals surface area contributed by atoms with E-state index in [-0.39, 0.29) is 0 Å². The van der Waals surface area contributed by atoms with Gasteiger partial charge in [0.05, 0.1) is 0 Å². The number of phenols is 1. The molecule has 0 unspecified atom stereocenters. The molecule has 0 aliphatic heterocycles. The average molecular weight is 176 g/mol. The molecule has 1 aromatic rings. The number of allylic oxidation sites excluding steroid dienone is 2. The minimum atomic E-state index is 0.421. The van der Waals surface area contributed by atoms with Crippen molar-refractivity contribution >= 4 is 0 Å². The number of phenolic OH excluding ortho intramolecular Hbond substituents is 1. The van der Waals surface area contributed by atoms with Crippen molar-refractivity contribution in [2.45, 2.75) is 27.2 Å². The molecule has 0 fully saturated rings. The van der Waals surface area contributed by atoms with Crippen molar-refractivity contribution in [1.82, 2.24) is 0 Å². The number of aryl methyl sites for hydroxylation is 2. The highest BCUT2D eigenvalue weighted by molar-refractivity contribution is 5.42. The van der Waals surface area contributed by atoms with E-state index in [4.69, 9.17) is 0 Å². The van der Waals surface area contributed by atoms with Crippen LogP contribution in [0.25, 0.3) is 0 Å². The van der Waals surface area contributed by atoms with E-state index in [0.29, 0.717) is 5.75 Å². The van der Waals surface area contributed by atoms with E-state index in [9.17, 15) is 5.11 Å². The lowest BCUT2D eigenvalue weighted by atomic mass is 10.0. The zero-order valence-electron chi connectivity index (χ0n) is 8.46. The molecule has 0 atom stereocenters. The van der Waals surface area contributed by atoms with Crippen molar-refractivity contribution in [3.63, 3.8) is 0 Å². The summed E-state index contributed by atoms with van der Waals surface area (Å²) in [5.74, 6) is 0.421. The third-order valence-corrected chi connectivity index (χ3v) is 2.14. The van der Waals surface area contributed by atoms with Crippen molar-refractivity contribution in [3.8, 4) is 5.75 Å². The molecular weight excluding hydrogens is 160 g/mol. The fourth-order valence-corrected chi connectivity index (χ4v) is 1.42. The summed E-state index contributed by atoms with van der Waals surface area (Å²) in [6.07, 6.45) is 5.10. The second kappa shape index (κ2) is 4.13. The van der Waals surface area contributed by atoms with Crippen LogP contribution in [-0.2, 0) is 6.42 Å². The summed E-state index contributed by atoms with van der Waals surface area (Å²) in [5.41, 5.74) is 3.17. The SMILES string of the molecule is CC=CCc1cc(C)c(O)c(C)c1. The van der Waals surface area contributed by atoms with E-state index in [1.54, 1.807) is 0 Å². The molecule has 0 spiro atoms. The highest BCUT2D eigenvalue weighted by atomic mass is 16.3. The molecule has 0 radical (unpaired) electrons. The van der Waals surface area contributed by atoms with Gasteiger partial charge >= 0.3 is 0 Å². The number of aromatic hydroxyl groups is 1. The van der Waals surface area contributed by atoms with E-state index >= 15 is 0 Å². The normalized spacial score (nSPS) is 11.0. The summed E-state index contributed by atoms with van der Waals surface area (Å²) in [7, 11) is 0. The van der Waals surface area contributed by atoms with Gasteiger partial charge in [-0.05, 0) is 43.9 Å². The number of hydrogen-bond donors (Lipinski definition) is 1. The number of benzene rings is 1. The fourth-order valence-electron chi connectivity index (χ4n) is 1.42. The predicted molar refractivity (Wildman–Crippen MR) is 56.1 cm³/mol. The van der Waals surface area contributed by atoms with Gasteiger partial charge < -0.3 is 5.11 Å². The van der Waals surface area contributed by atoms with E-state index < -0.39 is 0 Å². The first kappa shape index (κ1) is 9.85. The molecule has 1 heteroatoms. The topological polar surface area (TPSA) is 20.2 Å². The third kappa shape index (κ3) is 2.35. The van der Waals surface area contributed by atoms with Gasteiger partial charge in [-0.15, -0.1) is 0 Å². The van der Waals surface area contributed by atoms with Crippen LogP contribution in [0.3, 0.4) is 0 Å². The molecule has 0 aromatic heterocycles. The van der Waals surface area contributed by atoms with Crippen molar-refractivity contribution in [3.05, 3.63) is 41.0 Å². The number of rotatable bonds is 2. The summed E-state index contributed by atoms with van der Waals surface area (Å²) in [6.45, 7) is 5.88. The van der Waals surface area contributed by atoms with Gasteiger partial charge in [0, 0.05) is 0 Å². The Labute approximate surface area is 79.7 Å². The van der Waals surface area contributed by atoms with Crippen LogP contribution in [0.1, 0.15) is 23.6 Å². The van der Waals surface area contributed by atoms with Crippen LogP contribution in [0.4, 0.5) is 0 Å². The van der Waals surface area contributed by atoms with Crippen LogP contribution in [0.2, 0.25) is 0 Å². The van der Waals surface area contributed by atoms with Crippen molar-refractivity contribution in [1.29, 1.82) is 0 Å². The second-order valence-corrected chi connectivity index (χ2v) is 3.35. The molecule has 1 nitrogen and oxygen atoms in total. The lowest BCUT2D eigenvalue weighted by molar-refractivity contribution is 0.466. The van der Waals surface area contributed by atoms with E-state index in [1.165, 1.54) is 5.56 Å². The van der Waals surface area contributed by atoms with Crippen LogP contribution in [0.15, 0.2) is 24.3 Å². The van der Waals surface area contributed by atoms with Crippen LogP contribution < -0.4 is 0 Å². The van der Waals surface area contributed by atoms with Gasteiger partial charge in [-0.3, -0.25) is 0 Å². The molecular formula is C12H16O. The van der Waals surface area contributed by atoms with Gasteiger partial charge in [0.2, 0.25) is 0 Å². The first-order chi connectivity index (χ1) is 6.15. The summed E-state index contributed by atoms with van der Waals surface area (Å²) < 4.78 is 0. The van der Waals surface area contributed by atoms with Gasteiger partial charge in [-0.1, -0.05) is 24.3 Å². The molecule has 0 saturated heterocycles. The van der Waals surface area contributed by atoms with Crippen LogP contribution in [0.5, 0.6) is 5.75 Å². The quantitative estimate of drug-likeness (QED) is 0.686. The molecule has 0 aliphatic carbocycles. The third-order valence-electron chi connectivity index (χ3n) is 2.14. The van der Waals surface area contributed by atoms with Gasteiger partial charge in [-0.2, -0.15) is 0 Å². The van der Waals surface area contributed by atoms with Gasteiger partial charge in [-0.25, -0.2) is 0 Å². The molecule has 13 heavy (non-hydrogen) atoms. The number of hydrogen-bond acceptors (Lipinski definition) is 1. The molecule has 70 valence electrons. The van der Waals surface area contributed by atoms with Gasteiger partial charge in [0.25, 0.3) is 0 Å². The fraction of sp³-hybridized carbons (Fsp3) is 0.333. The van der Waals surface area contributed by atoms with E-state index in [0.717, 1.165) is 17.5 Å². The molecule has 1 N–H and O–H groups in total. The van der Waals surface area contributed by atoms with Crippen LogP contribution >= 0.6 is 0 Å². The van der Waals surface area contributed by atoms with Crippen molar-refractivity contribution < 1.29 is 5.11 Å². The Morgan fingerprint density at radius 3 is 2.23 bits per heavy atom. The monoisotopic (exact) mass is 176 g/mol. The summed E-state index contributed by atoms with van der Waals surface area (Å²) in [6, 6.07) is 4.06. The highest BCUT2D eigenvalue weighted by Gasteiger charge is 2.01. The Morgan fingerprint density at radius 2 is 1.77 bits per heavy atom. The molecule has 1 rings (SSSR count). The van der Waals surface area contributed by atoms with Crippen molar-refractivity contribution in [2.24, 2.45) is 0 Å². The summed E-state index contributed by atoms with van der Waals surface area (Å²) in [5, 5.41) is 9.54. The average Bonchev–Trinajstić information content (AvgIpc) is 2.10. The first-order valence-corrected chi connectivity index (χ1v) is 4.55. The largest absolute Gasteiger partial charge is 0.507 e. The molecule has 0 aliphatic rings. The second-order valence-electron chi connectivity index (χ2n) is 3.35. The smallest absolute Gasteiger partial charge is 0.121 e. The zero-order valence-corrected chi connectivity index (χ0v) is 8.46.